The summed E-state index contributed by atoms with van der Waals surface area (Å²) in [5.74, 6) is -1.47. The SMILES string of the molecule is CCCC(N)/C(F)=C(\N)C(=O)Nc1ccc([C@H]2CNC[C@@H](C)O2)cc1. The zero-order chi connectivity index (χ0) is 18.4. The van der Waals surface area contributed by atoms with Crippen LogP contribution < -0.4 is 22.1 Å². The molecule has 0 saturated carbocycles. The third-order valence-corrected chi connectivity index (χ3v) is 4.13. The van der Waals surface area contributed by atoms with Gasteiger partial charge in [0.2, 0.25) is 0 Å². The molecule has 3 atom stereocenters. The molecule has 1 unspecified atom stereocenters. The summed E-state index contributed by atoms with van der Waals surface area (Å²) in [6, 6.07) is 6.38. The van der Waals surface area contributed by atoms with E-state index in [0.717, 1.165) is 18.7 Å². The maximum Gasteiger partial charge on any atom is 0.274 e. The summed E-state index contributed by atoms with van der Waals surface area (Å²) >= 11 is 0. The van der Waals surface area contributed by atoms with Crippen LogP contribution in [0.1, 0.15) is 38.4 Å². The molecule has 1 saturated heterocycles. The van der Waals surface area contributed by atoms with Crippen molar-refractivity contribution in [1.29, 1.82) is 0 Å². The quantitative estimate of drug-likeness (QED) is 0.587. The number of nitrogens with one attached hydrogen (secondary N) is 2. The Bertz CT molecular complexity index is 618. The van der Waals surface area contributed by atoms with Crippen LogP contribution >= 0.6 is 0 Å². The number of carbonyl (C=O) groups excluding carboxylic acids is 1. The second-order valence-corrected chi connectivity index (χ2v) is 6.33. The van der Waals surface area contributed by atoms with Crippen molar-refractivity contribution < 1.29 is 13.9 Å². The van der Waals surface area contributed by atoms with E-state index in [1.807, 2.05) is 26.0 Å². The number of rotatable bonds is 6. The van der Waals surface area contributed by atoms with E-state index in [9.17, 15) is 9.18 Å². The van der Waals surface area contributed by atoms with E-state index in [2.05, 4.69) is 10.6 Å². The number of nitrogens with two attached hydrogens (primary N) is 2. The van der Waals surface area contributed by atoms with Gasteiger partial charge < -0.3 is 26.8 Å². The number of anilines is 1. The molecule has 1 aromatic rings. The molecule has 1 aliphatic rings. The zero-order valence-electron chi connectivity index (χ0n) is 14.7. The molecule has 25 heavy (non-hydrogen) atoms. The summed E-state index contributed by atoms with van der Waals surface area (Å²) in [6.45, 7) is 5.48. The van der Waals surface area contributed by atoms with Gasteiger partial charge in [0.15, 0.2) is 0 Å². The summed E-state index contributed by atoms with van der Waals surface area (Å²) < 4.78 is 19.9. The average molecular weight is 350 g/mol. The average Bonchev–Trinajstić information content (AvgIpc) is 2.61. The molecule has 1 aliphatic heterocycles. The number of amides is 1. The molecule has 0 aliphatic carbocycles. The Labute approximate surface area is 147 Å². The van der Waals surface area contributed by atoms with Crippen molar-refractivity contribution >= 4 is 11.6 Å². The van der Waals surface area contributed by atoms with Crippen LogP contribution in [-0.2, 0) is 9.53 Å². The lowest BCUT2D eigenvalue weighted by atomic mass is 10.1. The molecule has 1 heterocycles. The molecule has 2 rings (SSSR count). The van der Waals surface area contributed by atoms with Gasteiger partial charge in [-0.2, -0.15) is 0 Å². The maximum atomic E-state index is 14.0. The van der Waals surface area contributed by atoms with Gasteiger partial charge in [-0.25, -0.2) is 4.39 Å². The molecular formula is C18H27FN4O2. The molecule has 6 nitrogen and oxygen atoms in total. The predicted octanol–water partition coefficient (Wildman–Crippen LogP) is 1.94. The molecule has 7 heteroatoms. The van der Waals surface area contributed by atoms with Crippen molar-refractivity contribution in [2.24, 2.45) is 11.5 Å². The number of hydrogen-bond donors (Lipinski definition) is 4. The van der Waals surface area contributed by atoms with Gasteiger partial charge in [-0.05, 0) is 31.0 Å². The summed E-state index contributed by atoms with van der Waals surface area (Å²) in [4.78, 5) is 12.1. The Balaban J connectivity index is 2.00. The third kappa shape index (κ3) is 5.26. The lowest BCUT2D eigenvalue weighted by molar-refractivity contribution is -0.113. The number of benzene rings is 1. The van der Waals surface area contributed by atoms with E-state index >= 15 is 0 Å². The van der Waals surface area contributed by atoms with Crippen LogP contribution in [0.5, 0.6) is 0 Å². The van der Waals surface area contributed by atoms with Crippen molar-refractivity contribution in [2.45, 2.75) is 44.9 Å². The van der Waals surface area contributed by atoms with Gasteiger partial charge in [0, 0.05) is 18.8 Å². The molecule has 1 amide bonds. The van der Waals surface area contributed by atoms with Crippen LogP contribution in [0.3, 0.4) is 0 Å². The number of hydrogen-bond acceptors (Lipinski definition) is 5. The van der Waals surface area contributed by atoms with Crippen molar-refractivity contribution in [3.63, 3.8) is 0 Å². The summed E-state index contributed by atoms with van der Waals surface area (Å²) in [7, 11) is 0. The van der Waals surface area contributed by atoms with E-state index in [4.69, 9.17) is 16.2 Å². The second kappa shape index (κ2) is 8.94. The zero-order valence-corrected chi connectivity index (χ0v) is 14.7. The van der Waals surface area contributed by atoms with Crippen molar-refractivity contribution in [3.05, 3.63) is 41.4 Å². The van der Waals surface area contributed by atoms with Crippen LogP contribution in [0, 0.1) is 0 Å². The molecule has 1 aromatic carbocycles. The third-order valence-electron chi connectivity index (χ3n) is 4.13. The monoisotopic (exact) mass is 350 g/mol. The molecule has 0 bridgehead atoms. The van der Waals surface area contributed by atoms with Crippen LogP contribution in [-0.4, -0.2) is 31.1 Å². The van der Waals surface area contributed by atoms with Gasteiger partial charge >= 0.3 is 0 Å². The van der Waals surface area contributed by atoms with E-state index in [1.165, 1.54) is 0 Å². The lowest BCUT2D eigenvalue weighted by Gasteiger charge is -2.29. The number of carbonyl (C=O) groups is 1. The number of ether oxygens (including phenoxy) is 1. The molecule has 1 fully saturated rings. The minimum Gasteiger partial charge on any atom is -0.392 e. The first-order chi connectivity index (χ1) is 11.9. The Kier molecular flexibility index (Phi) is 6.92. The Morgan fingerprint density at radius 1 is 1.40 bits per heavy atom. The van der Waals surface area contributed by atoms with E-state index in [0.29, 0.717) is 18.5 Å². The van der Waals surface area contributed by atoms with Crippen LogP contribution in [0.15, 0.2) is 35.8 Å². The first-order valence-electron chi connectivity index (χ1n) is 8.60. The molecule has 0 radical (unpaired) electrons. The van der Waals surface area contributed by atoms with Gasteiger partial charge in [-0.3, -0.25) is 4.79 Å². The Hall–Kier alpha value is -1.96. The number of morpholine rings is 1. The minimum atomic E-state index is -0.851. The maximum absolute atomic E-state index is 14.0. The fraction of sp³-hybridized carbons (Fsp3) is 0.500. The van der Waals surface area contributed by atoms with Crippen LogP contribution in [0.2, 0.25) is 0 Å². The van der Waals surface area contributed by atoms with Gasteiger partial charge in [0.1, 0.15) is 11.5 Å². The highest BCUT2D eigenvalue weighted by Gasteiger charge is 2.21. The fourth-order valence-electron chi connectivity index (χ4n) is 2.72. The van der Waals surface area contributed by atoms with Crippen LogP contribution in [0.4, 0.5) is 10.1 Å². The fourth-order valence-corrected chi connectivity index (χ4v) is 2.72. The second-order valence-electron chi connectivity index (χ2n) is 6.33. The Morgan fingerprint density at radius 2 is 2.08 bits per heavy atom. The predicted molar refractivity (Wildman–Crippen MR) is 96.4 cm³/mol. The van der Waals surface area contributed by atoms with Crippen molar-refractivity contribution in [3.8, 4) is 0 Å². The standard InChI is InChI=1S/C18H27FN4O2/c1-3-4-14(20)16(19)17(21)18(24)23-13-7-5-12(6-8-13)15-10-22-9-11(2)25-15/h5-8,11,14-15,22H,3-4,9-10,20-21H2,1-2H3,(H,23,24)/b17-16+/t11-,14?,15-/m1/s1. The van der Waals surface area contributed by atoms with Gasteiger partial charge in [0.25, 0.3) is 5.91 Å². The summed E-state index contributed by atoms with van der Waals surface area (Å²) in [6.07, 6.45) is 1.27. The molecule has 0 aromatic heterocycles. The van der Waals surface area contributed by atoms with E-state index < -0.39 is 23.5 Å². The highest BCUT2D eigenvalue weighted by Crippen LogP contribution is 2.23. The van der Waals surface area contributed by atoms with E-state index in [-0.39, 0.29) is 12.2 Å². The van der Waals surface area contributed by atoms with Gasteiger partial charge in [-0.15, -0.1) is 0 Å². The minimum absolute atomic E-state index is 0.0250. The van der Waals surface area contributed by atoms with Crippen molar-refractivity contribution in [1.82, 2.24) is 5.32 Å². The molecule has 0 spiro atoms. The topological polar surface area (TPSA) is 102 Å². The Morgan fingerprint density at radius 3 is 2.68 bits per heavy atom. The van der Waals surface area contributed by atoms with Gasteiger partial charge in [0.05, 0.1) is 18.2 Å². The van der Waals surface area contributed by atoms with Crippen molar-refractivity contribution in [2.75, 3.05) is 18.4 Å². The lowest BCUT2D eigenvalue weighted by Crippen LogP contribution is -2.38. The smallest absolute Gasteiger partial charge is 0.274 e. The highest BCUT2D eigenvalue weighted by molar-refractivity contribution is 6.03. The molecule has 6 N–H and O–H groups in total. The first-order valence-corrected chi connectivity index (χ1v) is 8.60. The van der Waals surface area contributed by atoms with Gasteiger partial charge in [-0.1, -0.05) is 25.5 Å². The molecule has 138 valence electrons. The molecular weight excluding hydrogens is 323 g/mol. The largest absolute Gasteiger partial charge is 0.392 e. The summed E-state index contributed by atoms with van der Waals surface area (Å²) in [5.41, 5.74) is 12.3. The van der Waals surface area contributed by atoms with E-state index in [1.54, 1.807) is 12.1 Å². The number of halogens is 1. The first kappa shape index (κ1) is 19.4. The highest BCUT2D eigenvalue weighted by atomic mass is 19.1. The normalized spacial score (nSPS) is 22.9. The van der Waals surface area contributed by atoms with Crippen LogP contribution in [0.25, 0.3) is 0 Å². The summed E-state index contributed by atoms with van der Waals surface area (Å²) in [5, 5.41) is 5.89.